The summed E-state index contributed by atoms with van der Waals surface area (Å²) in [6.45, 7) is 9.30. The van der Waals surface area contributed by atoms with Crippen LogP contribution in [0.15, 0.2) is 24.3 Å². The number of carbonyl (C=O) groups excluding carboxylic acids is 1. The number of ether oxygens (including phenoxy) is 1. The van der Waals surface area contributed by atoms with E-state index in [2.05, 4.69) is 18.7 Å². The molecule has 1 saturated heterocycles. The quantitative estimate of drug-likeness (QED) is 0.793. The summed E-state index contributed by atoms with van der Waals surface area (Å²) < 4.78 is 5.78. The molecule has 0 spiro atoms. The van der Waals surface area contributed by atoms with Gasteiger partial charge in [0.05, 0.1) is 0 Å². The highest BCUT2D eigenvalue weighted by Gasteiger charge is 2.26. The van der Waals surface area contributed by atoms with Crippen LogP contribution in [0.2, 0.25) is 0 Å². The van der Waals surface area contributed by atoms with Gasteiger partial charge in [-0.05, 0) is 56.6 Å². The molecule has 0 saturated carbocycles. The Morgan fingerprint density at radius 2 is 1.96 bits per heavy atom. The van der Waals surface area contributed by atoms with Crippen molar-refractivity contribution in [2.45, 2.75) is 39.2 Å². The Hall–Kier alpha value is -1.59. The number of hydrogen-bond acceptors (Lipinski definition) is 4. The second-order valence-corrected chi connectivity index (χ2v) is 6.28. The number of hydrogen-bond donors (Lipinski definition) is 1. The van der Waals surface area contributed by atoms with Crippen LogP contribution in [-0.4, -0.2) is 61.1 Å². The van der Waals surface area contributed by atoms with Crippen LogP contribution in [0.3, 0.4) is 0 Å². The van der Waals surface area contributed by atoms with Gasteiger partial charge >= 0.3 is 0 Å². The normalized spacial score (nSPS) is 18.0. The zero-order chi connectivity index (χ0) is 17.4. The third-order valence-electron chi connectivity index (χ3n) is 4.83. The van der Waals surface area contributed by atoms with Crippen molar-refractivity contribution < 1.29 is 9.53 Å². The molecule has 5 nitrogen and oxygen atoms in total. The van der Waals surface area contributed by atoms with Gasteiger partial charge in [-0.2, -0.15) is 0 Å². The van der Waals surface area contributed by atoms with Gasteiger partial charge < -0.3 is 20.3 Å². The van der Waals surface area contributed by atoms with Gasteiger partial charge in [0.1, 0.15) is 12.4 Å². The highest BCUT2D eigenvalue weighted by Crippen LogP contribution is 2.20. The molecule has 1 atom stereocenters. The fraction of sp³-hybridized carbons (Fsp3) is 0.632. The summed E-state index contributed by atoms with van der Waals surface area (Å²) in [6.07, 6.45) is 3.23. The van der Waals surface area contributed by atoms with Crippen molar-refractivity contribution in [1.29, 1.82) is 0 Å². The van der Waals surface area contributed by atoms with E-state index in [0.29, 0.717) is 18.7 Å². The van der Waals surface area contributed by atoms with Gasteiger partial charge in [-0.15, -0.1) is 0 Å². The fourth-order valence-corrected chi connectivity index (χ4v) is 3.20. The maximum absolute atomic E-state index is 12.7. The monoisotopic (exact) mass is 333 g/mol. The number of rotatable bonds is 8. The molecule has 2 rings (SSSR count). The second-order valence-electron chi connectivity index (χ2n) is 6.28. The lowest BCUT2D eigenvalue weighted by Gasteiger charge is -2.35. The Kier molecular flexibility index (Phi) is 7.53. The molecule has 0 aliphatic carbocycles. The number of amides is 1. The van der Waals surface area contributed by atoms with Crippen LogP contribution in [0.1, 0.15) is 43.5 Å². The van der Waals surface area contributed by atoms with Crippen molar-refractivity contribution in [3.63, 3.8) is 0 Å². The van der Waals surface area contributed by atoms with Crippen molar-refractivity contribution in [3.8, 4) is 5.75 Å². The Balaban J connectivity index is 1.90. The number of carbonyl (C=O) groups is 1. The lowest BCUT2D eigenvalue weighted by molar-refractivity contribution is 0.0623. The molecule has 1 aromatic rings. The summed E-state index contributed by atoms with van der Waals surface area (Å²) in [5.74, 6) is 0.896. The SMILES string of the molecule is CCN(CC)CCOc1ccc(C(=O)N2CCCCC2CN)cc1. The second kappa shape index (κ2) is 9.64. The predicted octanol–water partition coefficient (Wildman–Crippen LogP) is 2.36. The van der Waals surface area contributed by atoms with E-state index in [1.54, 1.807) is 0 Å². The van der Waals surface area contributed by atoms with Crippen molar-refractivity contribution >= 4 is 5.91 Å². The molecule has 0 aromatic heterocycles. The lowest BCUT2D eigenvalue weighted by atomic mass is 10.0. The van der Waals surface area contributed by atoms with Crippen LogP contribution < -0.4 is 10.5 Å². The average molecular weight is 333 g/mol. The molecular weight excluding hydrogens is 302 g/mol. The van der Waals surface area contributed by atoms with E-state index >= 15 is 0 Å². The van der Waals surface area contributed by atoms with Gasteiger partial charge in [0.2, 0.25) is 0 Å². The number of likely N-dealkylation sites (tertiary alicyclic amines) is 1. The first kappa shape index (κ1) is 18.7. The Bertz CT molecular complexity index is 500. The van der Waals surface area contributed by atoms with E-state index in [4.69, 9.17) is 10.5 Å². The van der Waals surface area contributed by atoms with Crippen LogP contribution in [0.5, 0.6) is 5.75 Å². The summed E-state index contributed by atoms with van der Waals surface area (Å²) >= 11 is 0. The van der Waals surface area contributed by atoms with Crippen LogP contribution >= 0.6 is 0 Å². The minimum Gasteiger partial charge on any atom is -0.492 e. The molecule has 2 N–H and O–H groups in total. The molecule has 1 aromatic carbocycles. The minimum absolute atomic E-state index is 0.0832. The standard InChI is InChI=1S/C19H31N3O2/c1-3-21(4-2)13-14-24-18-10-8-16(9-11-18)19(23)22-12-6-5-7-17(22)15-20/h8-11,17H,3-7,12-15,20H2,1-2H3. The summed E-state index contributed by atoms with van der Waals surface area (Å²) in [6, 6.07) is 7.67. The van der Waals surface area contributed by atoms with Crippen LogP contribution in [-0.2, 0) is 0 Å². The summed E-state index contributed by atoms with van der Waals surface area (Å²) in [7, 11) is 0. The molecule has 0 radical (unpaired) electrons. The van der Waals surface area contributed by atoms with E-state index in [0.717, 1.165) is 51.2 Å². The zero-order valence-corrected chi connectivity index (χ0v) is 15.0. The van der Waals surface area contributed by atoms with Gasteiger partial charge in [0.25, 0.3) is 5.91 Å². The third kappa shape index (κ3) is 4.95. The van der Waals surface area contributed by atoms with Gasteiger partial charge in [-0.25, -0.2) is 0 Å². The first-order chi connectivity index (χ1) is 11.7. The first-order valence-electron chi connectivity index (χ1n) is 9.15. The van der Waals surface area contributed by atoms with E-state index < -0.39 is 0 Å². The molecule has 1 amide bonds. The van der Waals surface area contributed by atoms with E-state index in [-0.39, 0.29) is 11.9 Å². The van der Waals surface area contributed by atoms with Gasteiger partial charge in [-0.1, -0.05) is 13.8 Å². The molecule has 5 heteroatoms. The summed E-state index contributed by atoms with van der Waals surface area (Å²) in [5.41, 5.74) is 6.53. The minimum atomic E-state index is 0.0832. The molecular formula is C19H31N3O2. The lowest BCUT2D eigenvalue weighted by Crippen LogP contribution is -2.47. The third-order valence-corrected chi connectivity index (χ3v) is 4.83. The number of piperidine rings is 1. The van der Waals surface area contributed by atoms with Crippen LogP contribution in [0, 0.1) is 0 Å². The van der Waals surface area contributed by atoms with Crippen molar-refractivity contribution in [3.05, 3.63) is 29.8 Å². The molecule has 134 valence electrons. The Morgan fingerprint density at radius 3 is 2.58 bits per heavy atom. The molecule has 1 aliphatic rings. The topological polar surface area (TPSA) is 58.8 Å². The fourth-order valence-electron chi connectivity index (χ4n) is 3.20. The molecule has 1 fully saturated rings. The van der Waals surface area contributed by atoms with Crippen LogP contribution in [0.4, 0.5) is 0 Å². The van der Waals surface area contributed by atoms with Crippen molar-refractivity contribution in [1.82, 2.24) is 9.80 Å². The van der Waals surface area contributed by atoms with Gasteiger partial charge in [0.15, 0.2) is 0 Å². The maximum atomic E-state index is 12.7. The number of benzene rings is 1. The highest BCUT2D eigenvalue weighted by molar-refractivity contribution is 5.94. The largest absolute Gasteiger partial charge is 0.492 e. The Morgan fingerprint density at radius 1 is 1.25 bits per heavy atom. The first-order valence-corrected chi connectivity index (χ1v) is 9.15. The highest BCUT2D eigenvalue weighted by atomic mass is 16.5. The maximum Gasteiger partial charge on any atom is 0.254 e. The molecule has 24 heavy (non-hydrogen) atoms. The van der Waals surface area contributed by atoms with Crippen molar-refractivity contribution in [2.75, 3.05) is 39.3 Å². The molecule has 1 heterocycles. The number of nitrogens with zero attached hydrogens (tertiary/aromatic N) is 2. The molecule has 0 bridgehead atoms. The smallest absolute Gasteiger partial charge is 0.254 e. The van der Waals surface area contributed by atoms with Gasteiger partial charge in [-0.3, -0.25) is 4.79 Å². The molecule has 1 aliphatic heterocycles. The summed E-state index contributed by atoms with van der Waals surface area (Å²) in [4.78, 5) is 16.9. The van der Waals surface area contributed by atoms with E-state index in [1.807, 2.05) is 29.2 Å². The van der Waals surface area contributed by atoms with Crippen molar-refractivity contribution in [2.24, 2.45) is 5.73 Å². The zero-order valence-electron chi connectivity index (χ0n) is 15.0. The number of likely N-dealkylation sites (N-methyl/N-ethyl adjacent to an activating group) is 1. The predicted molar refractivity (Wildman–Crippen MR) is 97.5 cm³/mol. The molecule has 1 unspecified atom stereocenters. The average Bonchev–Trinajstić information content (AvgIpc) is 2.65. The van der Waals surface area contributed by atoms with E-state index in [1.165, 1.54) is 0 Å². The van der Waals surface area contributed by atoms with Crippen LogP contribution in [0.25, 0.3) is 0 Å². The van der Waals surface area contributed by atoms with E-state index in [9.17, 15) is 4.79 Å². The van der Waals surface area contributed by atoms with Gasteiger partial charge in [0, 0.05) is 31.2 Å². The Labute approximate surface area is 145 Å². The summed E-state index contributed by atoms with van der Waals surface area (Å²) in [5, 5.41) is 0. The number of nitrogens with two attached hydrogens (primary N) is 1.